The zero-order chi connectivity index (χ0) is 12.0. The molecule has 0 aliphatic rings. The van der Waals surface area contributed by atoms with E-state index in [-0.39, 0.29) is 11.9 Å². The van der Waals surface area contributed by atoms with Crippen molar-refractivity contribution in [3.05, 3.63) is 35.9 Å². The molecule has 1 rings (SSSR count). The number of ether oxygens (including phenoxy) is 1. The average Bonchev–Trinajstić information content (AvgIpc) is 2.35. The smallest absolute Gasteiger partial charge is 0.161 e. The number of rotatable bonds is 6. The molecule has 2 unspecified atom stereocenters. The quantitative estimate of drug-likeness (QED) is 0.736. The zero-order valence-electron chi connectivity index (χ0n) is 10.3. The van der Waals surface area contributed by atoms with Gasteiger partial charge in [0.2, 0.25) is 0 Å². The molecule has 2 heteroatoms. The highest BCUT2D eigenvalue weighted by atomic mass is 16.5. The molecule has 0 spiro atoms. The van der Waals surface area contributed by atoms with Crippen LogP contribution in [0.15, 0.2) is 30.3 Å². The van der Waals surface area contributed by atoms with E-state index in [9.17, 15) is 4.79 Å². The van der Waals surface area contributed by atoms with Crippen LogP contribution in [-0.2, 0) is 9.53 Å². The van der Waals surface area contributed by atoms with Crippen molar-refractivity contribution < 1.29 is 9.53 Å². The molecular formula is C14H20O2. The standard InChI is InChI=1S/C14H20O2/c1-4-13(15)14(16-3)10-11(2)12-8-6-5-7-9-12/h5-9,11,14H,4,10H2,1-3H3. The molecule has 88 valence electrons. The maximum Gasteiger partial charge on any atom is 0.161 e. The first-order valence-electron chi connectivity index (χ1n) is 5.79. The molecule has 0 aliphatic heterocycles. The van der Waals surface area contributed by atoms with Crippen LogP contribution < -0.4 is 0 Å². The van der Waals surface area contributed by atoms with Crippen LogP contribution in [0.2, 0.25) is 0 Å². The van der Waals surface area contributed by atoms with E-state index in [2.05, 4.69) is 19.1 Å². The monoisotopic (exact) mass is 220 g/mol. The van der Waals surface area contributed by atoms with E-state index in [1.165, 1.54) is 5.56 Å². The number of carbonyl (C=O) groups excluding carboxylic acids is 1. The second-order valence-electron chi connectivity index (χ2n) is 4.09. The molecule has 2 nitrogen and oxygen atoms in total. The molecule has 1 aromatic carbocycles. The molecule has 0 radical (unpaired) electrons. The second-order valence-corrected chi connectivity index (χ2v) is 4.09. The highest BCUT2D eigenvalue weighted by Crippen LogP contribution is 2.22. The Labute approximate surface area is 97.6 Å². The fourth-order valence-corrected chi connectivity index (χ4v) is 1.83. The zero-order valence-corrected chi connectivity index (χ0v) is 10.3. The van der Waals surface area contributed by atoms with E-state index in [1.807, 2.05) is 25.1 Å². The van der Waals surface area contributed by atoms with Crippen molar-refractivity contribution in [3.63, 3.8) is 0 Å². The number of benzene rings is 1. The van der Waals surface area contributed by atoms with Crippen molar-refractivity contribution in [3.8, 4) is 0 Å². The van der Waals surface area contributed by atoms with Gasteiger partial charge in [-0.3, -0.25) is 4.79 Å². The topological polar surface area (TPSA) is 26.3 Å². The van der Waals surface area contributed by atoms with Gasteiger partial charge in [0, 0.05) is 13.5 Å². The van der Waals surface area contributed by atoms with Gasteiger partial charge in [0.1, 0.15) is 6.10 Å². The van der Waals surface area contributed by atoms with Crippen LogP contribution in [0.4, 0.5) is 0 Å². The average molecular weight is 220 g/mol. The van der Waals surface area contributed by atoms with Crippen molar-refractivity contribution in [2.45, 2.75) is 38.7 Å². The van der Waals surface area contributed by atoms with E-state index in [1.54, 1.807) is 7.11 Å². The number of hydrogen-bond donors (Lipinski definition) is 0. The summed E-state index contributed by atoms with van der Waals surface area (Å²) < 4.78 is 5.25. The fraction of sp³-hybridized carbons (Fsp3) is 0.500. The van der Waals surface area contributed by atoms with Crippen molar-refractivity contribution in [2.75, 3.05) is 7.11 Å². The highest BCUT2D eigenvalue weighted by molar-refractivity contribution is 5.82. The lowest BCUT2D eigenvalue weighted by Crippen LogP contribution is -2.24. The molecule has 0 N–H and O–H groups in total. The van der Waals surface area contributed by atoms with Gasteiger partial charge in [-0.25, -0.2) is 0 Å². The van der Waals surface area contributed by atoms with Gasteiger partial charge < -0.3 is 4.74 Å². The Morgan fingerprint density at radius 2 is 1.94 bits per heavy atom. The van der Waals surface area contributed by atoms with E-state index < -0.39 is 0 Å². The van der Waals surface area contributed by atoms with Crippen LogP contribution in [0.1, 0.15) is 38.2 Å². The van der Waals surface area contributed by atoms with Crippen LogP contribution in [0.5, 0.6) is 0 Å². The number of Topliss-reactive ketones (excluding diaryl/α,β-unsaturated/α-hetero) is 1. The summed E-state index contributed by atoms with van der Waals surface area (Å²) in [7, 11) is 1.61. The first kappa shape index (κ1) is 12.9. The molecule has 0 aliphatic carbocycles. The summed E-state index contributed by atoms with van der Waals surface area (Å²) in [6.07, 6.45) is 1.04. The van der Waals surface area contributed by atoms with Gasteiger partial charge in [0.15, 0.2) is 5.78 Å². The van der Waals surface area contributed by atoms with E-state index in [0.717, 1.165) is 6.42 Å². The largest absolute Gasteiger partial charge is 0.374 e. The van der Waals surface area contributed by atoms with Gasteiger partial charge >= 0.3 is 0 Å². The van der Waals surface area contributed by atoms with E-state index >= 15 is 0 Å². The molecule has 1 aromatic rings. The summed E-state index contributed by atoms with van der Waals surface area (Å²) in [4.78, 5) is 11.6. The molecule has 2 atom stereocenters. The normalized spacial score (nSPS) is 14.4. The SMILES string of the molecule is CCC(=O)C(CC(C)c1ccccc1)OC. The summed E-state index contributed by atoms with van der Waals surface area (Å²) in [5.41, 5.74) is 1.26. The van der Waals surface area contributed by atoms with Gasteiger partial charge in [-0.2, -0.15) is 0 Å². The van der Waals surface area contributed by atoms with Crippen molar-refractivity contribution >= 4 is 5.78 Å². The van der Waals surface area contributed by atoms with Gasteiger partial charge in [0.05, 0.1) is 0 Å². The predicted molar refractivity (Wildman–Crippen MR) is 65.6 cm³/mol. The summed E-state index contributed by atoms with van der Waals surface area (Å²) in [5.74, 6) is 0.534. The molecule has 0 heterocycles. The van der Waals surface area contributed by atoms with Crippen LogP contribution in [0, 0.1) is 0 Å². The number of methoxy groups -OCH3 is 1. The first-order valence-corrected chi connectivity index (χ1v) is 5.79. The number of carbonyl (C=O) groups is 1. The Morgan fingerprint density at radius 3 is 2.44 bits per heavy atom. The summed E-state index contributed by atoms with van der Waals surface area (Å²) >= 11 is 0. The second kappa shape index (κ2) is 6.44. The first-order chi connectivity index (χ1) is 7.69. The lowest BCUT2D eigenvalue weighted by atomic mass is 9.93. The summed E-state index contributed by atoms with van der Waals surface area (Å²) in [6.45, 7) is 4.01. The molecular weight excluding hydrogens is 200 g/mol. The molecule has 0 saturated carbocycles. The third-order valence-electron chi connectivity index (χ3n) is 2.93. The van der Waals surface area contributed by atoms with E-state index in [4.69, 9.17) is 4.74 Å². The highest BCUT2D eigenvalue weighted by Gasteiger charge is 2.19. The van der Waals surface area contributed by atoms with Crippen LogP contribution in [0.3, 0.4) is 0 Å². The maximum absolute atomic E-state index is 11.6. The summed E-state index contributed by atoms with van der Waals surface area (Å²) in [6, 6.07) is 10.2. The lowest BCUT2D eigenvalue weighted by molar-refractivity contribution is -0.129. The maximum atomic E-state index is 11.6. The summed E-state index contributed by atoms with van der Waals surface area (Å²) in [5, 5.41) is 0. The van der Waals surface area contributed by atoms with E-state index in [0.29, 0.717) is 12.3 Å². The van der Waals surface area contributed by atoms with Gasteiger partial charge in [-0.05, 0) is 17.9 Å². The Balaban J connectivity index is 2.62. The molecule has 0 amide bonds. The number of ketones is 1. The van der Waals surface area contributed by atoms with Gasteiger partial charge in [-0.15, -0.1) is 0 Å². The predicted octanol–water partition coefficient (Wildman–Crippen LogP) is 3.17. The van der Waals surface area contributed by atoms with Gasteiger partial charge in [0.25, 0.3) is 0 Å². The van der Waals surface area contributed by atoms with Gasteiger partial charge in [-0.1, -0.05) is 44.2 Å². The molecule has 16 heavy (non-hydrogen) atoms. The van der Waals surface area contributed by atoms with Crippen molar-refractivity contribution in [1.29, 1.82) is 0 Å². The third kappa shape index (κ3) is 3.46. The lowest BCUT2D eigenvalue weighted by Gasteiger charge is -2.18. The minimum atomic E-state index is -0.264. The van der Waals surface area contributed by atoms with Crippen LogP contribution >= 0.6 is 0 Å². The van der Waals surface area contributed by atoms with Crippen LogP contribution in [0.25, 0.3) is 0 Å². The van der Waals surface area contributed by atoms with Crippen molar-refractivity contribution in [2.24, 2.45) is 0 Å². The Hall–Kier alpha value is -1.15. The number of hydrogen-bond acceptors (Lipinski definition) is 2. The Bertz CT molecular complexity index is 319. The molecule has 0 saturated heterocycles. The minimum absolute atomic E-state index is 0.185. The molecule has 0 aromatic heterocycles. The Morgan fingerprint density at radius 1 is 1.31 bits per heavy atom. The van der Waals surface area contributed by atoms with Crippen molar-refractivity contribution in [1.82, 2.24) is 0 Å². The molecule has 0 fully saturated rings. The Kier molecular flexibility index (Phi) is 5.20. The van der Waals surface area contributed by atoms with Crippen LogP contribution in [-0.4, -0.2) is 19.0 Å². The minimum Gasteiger partial charge on any atom is -0.374 e. The fourth-order valence-electron chi connectivity index (χ4n) is 1.83. The third-order valence-corrected chi connectivity index (χ3v) is 2.93. The molecule has 0 bridgehead atoms.